The minimum Gasteiger partial charge on any atom is -0.413 e. The average Bonchev–Trinajstić information content (AvgIpc) is 2.49. The molecule has 1 N–H and O–H groups in total. The van der Waals surface area contributed by atoms with Gasteiger partial charge in [0.1, 0.15) is 5.75 Å². The summed E-state index contributed by atoms with van der Waals surface area (Å²) in [5.41, 5.74) is 1.17. The number of hydrogen-bond donors (Lipinski definition) is 1. The minimum absolute atomic E-state index is 0.516. The van der Waals surface area contributed by atoms with Crippen molar-refractivity contribution in [3.63, 3.8) is 0 Å². The Labute approximate surface area is 119 Å². The van der Waals surface area contributed by atoms with Crippen LogP contribution in [0.4, 0.5) is 0 Å². The van der Waals surface area contributed by atoms with Gasteiger partial charge in [0, 0.05) is 13.7 Å². The third-order valence-electron chi connectivity index (χ3n) is 2.77. The Hall–Kier alpha value is -1.61. The van der Waals surface area contributed by atoms with Crippen LogP contribution in [-0.4, -0.2) is 13.7 Å². The maximum absolute atomic E-state index is 12.4. The van der Waals surface area contributed by atoms with E-state index >= 15 is 0 Å². The van der Waals surface area contributed by atoms with E-state index < -0.39 is 7.75 Å². The lowest BCUT2D eigenvalue weighted by molar-refractivity contribution is 0.310. The van der Waals surface area contributed by atoms with E-state index in [2.05, 4.69) is 5.09 Å². The van der Waals surface area contributed by atoms with Gasteiger partial charge in [-0.3, -0.25) is 4.52 Å². The molecule has 2 rings (SSSR count). The van der Waals surface area contributed by atoms with Crippen LogP contribution in [0.15, 0.2) is 60.7 Å². The highest BCUT2D eigenvalue weighted by molar-refractivity contribution is 7.52. The van der Waals surface area contributed by atoms with Crippen LogP contribution in [0.1, 0.15) is 5.56 Å². The van der Waals surface area contributed by atoms with Crippen molar-refractivity contribution in [2.75, 3.05) is 13.7 Å². The van der Waals surface area contributed by atoms with Gasteiger partial charge in [-0.2, -0.15) is 0 Å². The zero-order chi connectivity index (χ0) is 14.3. The molecule has 0 radical (unpaired) electrons. The normalized spacial score (nSPS) is 13.7. The monoisotopic (exact) mass is 291 g/mol. The molecule has 106 valence electrons. The lowest BCUT2D eigenvalue weighted by Gasteiger charge is -2.17. The van der Waals surface area contributed by atoms with Gasteiger partial charge < -0.3 is 4.52 Å². The van der Waals surface area contributed by atoms with Crippen LogP contribution >= 0.6 is 7.75 Å². The molecule has 0 aliphatic heterocycles. The topological polar surface area (TPSA) is 47.6 Å². The number of para-hydroxylation sites is 1. The van der Waals surface area contributed by atoms with Crippen LogP contribution < -0.4 is 9.61 Å². The van der Waals surface area contributed by atoms with Gasteiger partial charge in [0.25, 0.3) is 0 Å². The highest BCUT2D eigenvalue weighted by Gasteiger charge is 2.23. The zero-order valence-electron chi connectivity index (χ0n) is 11.4. The van der Waals surface area contributed by atoms with Crippen molar-refractivity contribution >= 4 is 7.75 Å². The van der Waals surface area contributed by atoms with Crippen LogP contribution in [0.25, 0.3) is 0 Å². The van der Waals surface area contributed by atoms with E-state index in [0.29, 0.717) is 12.3 Å². The molecule has 20 heavy (non-hydrogen) atoms. The highest BCUT2D eigenvalue weighted by Crippen LogP contribution is 2.42. The summed E-state index contributed by atoms with van der Waals surface area (Å²) < 4.78 is 22.8. The van der Waals surface area contributed by atoms with Crippen molar-refractivity contribution in [1.82, 2.24) is 5.09 Å². The maximum atomic E-state index is 12.4. The smallest absolute Gasteiger partial charge is 0.413 e. The number of benzene rings is 2. The fraction of sp³-hybridized carbons (Fsp3) is 0.200. The number of nitrogens with one attached hydrogen (secondary N) is 1. The van der Waals surface area contributed by atoms with E-state index in [1.165, 1.54) is 12.7 Å². The quantitative estimate of drug-likeness (QED) is 0.791. The molecule has 5 heteroatoms. The molecule has 0 spiro atoms. The zero-order valence-corrected chi connectivity index (χ0v) is 12.3. The average molecular weight is 291 g/mol. The highest BCUT2D eigenvalue weighted by atomic mass is 31.2. The van der Waals surface area contributed by atoms with E-state index in [-0.39, 0.29) is 0 Å². The largest absolute Gasteiger partial charge is 0.458 e. The fourth-order valence-corrected chi connectivity index (χ4v) is 2.79. The van der Waals surface area contributed by atoms with Crippen LogP contribution in [0.3, 0.4) is 0 Å². The van der Waals surface area contributed by atoms with Crippen LogP contribution in [-0.2, 0) is 15.5 Å². The number of hydrogen-bond acceptors (Lipinski definition) is 3. The SMILES string of the molecule is COP(=O)(NCCc1ccccc1)Oc1ccccc1. The molecule has 0 bridgehead atoms. The standard InChI is InChI=1S/C15H18NO3P/c1-18-20(17,19-15-10-6-3-7-11-15)16-13-12-14-8-4-2-5-9-14/h2-11H,12-13H2,1H3,(H,16,17). The van der Waals surface area contributed by atoms with Gasteiger partial charge in [0.05, 0.1) is 0 Å². The predicted molar refractivity (Wildman–Crippen MR) is 79.8 cm³/mol. The second kappa shape index (κ2) is 7.25. The molecular weight excluding hydrogens is 273 g/mol. The first kappa shape index (κ1) is 14.8. The second-order valence-electron chi connectivity index (χ2n) is 4.23. The Morgan fingerprint density at radius 2 is 1.60 bits per heavy atom. The Morgan fingerprint density at radius 1 is 1.00 bits per heavy atom. The van der Waals surface area contributed by atoms with Gasteiger partial charge in [-0.1, -0.05) is 48.5 Å². The second-order valence-corrected chi connectivity index (χ2v) is 6.09. The molecular formula is C15H18NO3P. The molecule has 1 atom stereocenters. The molecule has 0 fully saturated rings. The van der Waals surface area contributed by atoms with E-state index in [0.717, 1.165) is 6.42 Å². The van der Waals surface area contributed by atoms with Crippen molar-refractivity contribution in [3.05, 3.63) is 66.2 Å². The molecule has 0 saturated carbocycles. The maximum Gasteiger partial charge on any atom is 0.458 e. The van der Waals surface area contributed by atoms with E-state index in [9.17, 15) is 4.57 Å². The Kier molecular flexibility index (Phi) is 5.36. The minimum atomic E-state index is -3.31. The van der Waals surface area contributed by atoms with Crippen molar-refractivity contribution in [1.29, 1.82) is 0 Å². The van der Waals surface area contributed by atoms with Crippen molar-refractivity contribution in [3.8, 4) is 5.75 Å². The third-order valence-corrected chi connectivity index (χ3v) is 4.31. The number of rotatable bonds is 7. The van der Waals surface area contributed by atoms with E-state index in [1.54, 1.807) is 12.1 Å². The van der Waals surface area contributed by atoms with Gasteiger partial charge >= 0.3 is 7.75 Å². The first-order valence-electron chi connectivity index (χ1n) is 6.41. The molecule has 0 heterocycles. The summed E-state index contributed by atoms with van der Waals surface area (Å²) in [6, 6.07) is 19.0. The molecule has 4 nitrogen and oxygen atoms in total. The molecule has 0 aliphatic carbocycles. The summed E-state index contributed by atoms with van der Waals surface area (Å²) >= 11 is 0. The molecule has 0 aromatic heterocycles. The summed E-state index contributed by atoms with van der Waals surface area (Å²) in [5, 5.41) is 2.85. The van der Waals surface area contributed by atoms with Gasteiger partial charge in [0.15, 0.2) is 0 Å². The summed E-state index contributed by atoms with van der Waals surface area (Å²) in [6.45, 7) is 0.516. The van der Waals surface area contributed by atoms with E-state index in [1.807, 2.05) is 48.5 Å². The predicted octanol–water partition coefficient (Wildman–Crippen LogP) is 3.65. The van der Waals surface area contributed by atoms with Crippen LogP contribution in [0.2, 0.25) is 0 Å². The molecule has 2 aromatic carbocycles. The molecule has 1 unspecified atom stereocenters. The Balaban J connectivity index is 1.89. The molecule has 2 aromatic rings. The first-order chi connectivity index (χ1) is 9.72. The third kappa shape index (κ3) is 4.49. The van der Waals surface area contributed by atoms with Crippen LogP contribution in [0.5, 0.6) is 5.75 Å². The van der Waals surface area contributed by atoms with Crippen molar-refractivity contribution in [2.45, 2.75) is 6.42 Å². The fourth-order valence-electron chi connectivity index (χ4n) is 1.74. The summed E-state index contributed by atoms with van der Waals surface area (Å²) in [5.74, 6) is 0.518. The van der Waals surface area contributed by atoms with Gasteiger partial charge in [-0.25, -0.2) is 9.65 Å². The van der Waals surface area contributed by atoms with E-state index in [4.69, 9.17) is 9.05 Å². The lowest BCUT2D eigenvalue weighted by atomic mass is 10.2. The summed E-state index contributed by atoms with van der Waals surface area (Å²) in [6.07, 6.45) is 0.756. The molecule has 0 saturated heterocycles. The van der Waals surface area contributed by atoms with Crippen molar-refractivity contribution < 1.29 is 13.6 Å². The lowest BCUT2D eigenvalue weighted by Crippen LogP contribution is -2.18. The summed E-state index contributed by atoms with van der Waals surface area (Å²) in [4.78, 5) is 0. The Bertz CT molecular complexity index is 560. The van der Waals surface area contributed by atoms with Crippen LogP contribution in [0, 0.1) is 0 Å². The van der Waals surface area contributed by atoms with Gasteiger partial charge in [-0.05, 0) is 24.1 Å². The summed E-state index contributed by atoms with van der Waals surface area (Å²) in [7, 11) is -1.93. The van der Waals surface area contributed by atoms with Crippen molar-refractivity contribution in [2.24, 2.45) is 0 Å². The van der Waals surface area contributed by atoms with Gasteiger partial charge in [0.2, 0.25) is 0 Å². The molecule has 0 aliphatic rings. The molecule has 0 amide bonds. The van der Waals surface area contributed by atoms with Gasteiger partial charge in [-0.15, -0.1) is 0 Å². The Morgan fingerprint density at radius 3 is 2.20 bits per heavy atom. The first-order valence-corrected chi connectivity index (χ1v) is 7.95.